The van der Waals surface area contributed by atoms with Crippen molar-refractivity contribution >= 4 is 21.6 Å². The molecule has 1 amide bonds. The van der Waals surface area contributed by atoms with Crippen LogP contribution < -0.4 is 11.1 Å². The Hall–Kier alpha value is -2.38. The van der Waals surface area contributed by atoms with Gasteiger partial charge in [-0.05, 0) is 49.7 Å². The van der Waals surface area contributed by atoms with Gasteiger partial charge < -0.3 is 11.1 Å². The summed E-state index contributed by atoms with van der Waals surface area (Å²) in [6.45, 7) is 3.93. The van der Waals surface area contributed by atoms with Gasteiger partial charge in [-0.25, -0.2) is 8.42 Å². The third-order valence-corrected chi connectivity index (χ3v) is 5.98. The first-order chi connectivity index (χ1) is 11.7. The number of carbonyl (C=O) groups is 1. The molecule has 134 valence electrons. The van der Waals surface area contributed by atoms with Crippen LogP contribution in [0, 0.1) is 0 Å². The van der Waals surface area contributed by atoms with E-state index in [9.17, 15) is 13.2 Å². The molecule has 0 saturated carbocycles. The number of nitrogens with one attached hydrogen (secondary N) is 1. The van der Waals surface area contributed by atoms with Crippen molar-refractivity contribution in [1.29, 1.82) is 0 Å². The number of hydrogen-bond donors (Lipinski definition) is 2. The average Bonchev–Trinajstić information content (AvgIpc) is 2.59. The predicted octanol–water partition coefficient (Wildman–Crippen LogP) is 2.23. The van der Waals surface area contributed by atoms with Gasteiger partial charge in [0.2, 0.25) is 10.0 Å². The molecular formula is C18H23N3O3S. The fourth-order valence-electron chi connectivity index (χ4n) is 2.19. The minimum atomic E-state index is -3.50. The van der Waals surface area contributed by atoms with Gasteiger partial charge >= 0.3 is 0 Å². The number of amides is 1. The molecule has 0 aliphatic rings. The Bertz CT molecular complexity index is 846. The largest absolute Gasteiger partial charge is 0.399 e. The minimum absolute atomic E-state index is 0.123. The van der Waals surface area contributed by atoms with Gasteiger partial charge in [-0.3, -0.25) is 4.79 Å². The summed E-state index contributed by atoms with van der Waals surface area (Å²) in [6.07, 6.45) is 0. The highest BCUT2D eigenvalue weighted by atomic mass is 32.2. The van der Waals surface area contributed by atoms with Crippen molar-refractivity contribution < 1.29 is 13.2 Å². The SMILES string of the molecule is CC(C)N(C)S(=O)(=O)c1ccc(CNC(=O)c2cccc(N)c2)cc1. The van der Waals surface area contributed by atoms with Crippen molar-refractivity contribution in [2.45, 2.75) is 31.3 Å². The summed E-state index contributed by atoms with van der Waals surface area (Å²) >= 11 is 0. The van der Waals surface area contributed by atoms with Crippen LogP contribution in [0.25, 0.3) is 0 Å². The Kier molecular flexibility index (Phi) is 5.81. The van der Waals surface area contributed by atoms with Crippen LogP contribution >= 0.6 is 0 Å². The second kappa shape index (κ2) is 7.67. The zero-order valence-corrected chi connectivity index (χ0v) is 15.4. The number of benzene rings is 2. The molecule has 0 aliphatic carbocycles. The van der Waals surface area contributed by atoms with Crippen LogP contribution in [0.4, 0.5) is 5.69 Å². The van der Waals surface area contributed by atoms with Crippen molar-refractivity contribution in [2.24, 2.45) is 0 Å². The molecule has 0 unspecified atom stereocenters. The molecular weight excluding hydrogens is 338 g/mol. The lowest BCUT2D eigenvalue weighted by molar-refractivity contribution is 0.0951. The second-order valence-corrected chi connectivity index (χ2v) is 8.06. The standard InChI is InChI=1S/C18H23N3O3S/c1-13(2)21(3)25(23,24)17-9-7-14(8-10-17)12-20-18(22)15-5-4-6-16(19)11-15/h4-11,13H,12,19H2,1-3H3,(H,20,22). The maximum absolute atomic E-state index is 12.4. The second-order valence-electron chi connectivity index (χ2n) is 6.07. The number of anilines is 1. The van der Waals surface area contributed by atoms with E-state index in [1.54, 1.807) is 55.6 Å². The number of nitrogens with two attached hydrogens (primary N) is 1. The summed E-state index contributed by atoms with van der Waals surface area (Å²) < 4.78 is 26.1. The van der Waals surface area contributed by atoms with Crippen LogP contribution in [0.3, 0.4) is 0 Å². The molecule has 2 aromatic carbocycles. The van der Waals surface area contributed by atoms with Gasteiger partial charge in [0.1, 0.15) is 0 Å². The van der Waals surface area contributed by atoms with E-state index in [0.717, 1.165) is 5.56 Å². The van der Waals surface area contributed by atoms with Crippen molar-refractivity contribution in [3.63, 3.8) is 0 Å². The topological polar surface area (TPSA) is 92.5 Å². The maximum atomic E-state index is 12.4. The smallest absolute Gasteiger partial charge is 0.251 e. The van der Waals surface area contributed by atoms with Crippen molar-refractivity contribution in [3.05, 3.63) is 59.7 Å². The number of sulfonamides is 1. The van der Waals surface area contributed by atoms with E-state index in [2.05, 4.69) is 5.32 Å². The molecule has 0 aliphatic heterocycles. The van der Waals surface area contributed by atoms with Crippen molar-refractivity contribution in [1.82, 2.24) is 9.62 Å². The molecule has 6 nitrogen and oxygen atoms in total. The highest BCUT2D eigenvalue weighted by molar-refractivity contribution is 7.89. The molecule has 2 aromatic rings. The summed E-state index contributed by atoms with van der Waals surface area (Å²) in [5.41, 5.74) is 7.48. The molecule has 0 spiro atoms. The van der Waals surface area contributed by atoms with Gasteiger partial charge in [0.25, 0.3) is 5.91 Å². The lowest BCUT2D eigenvalue weighted by atomic mass is 10.2. The van der Waals surface area contributed by atoms with E-state index in [0.29, 0.717) is 17.8 Å². The van der Waals surface area contributed by atoms with Gasteiger partial charge in [-0.1, -0.05) is 18.2 Å². The summed E-state index contributed by atoms with van der Waals surface area (Å²) in [5, 5.41) is 2.79. The Morgan fingerprint density at radius 1 is 1.16 bits per heavy atom. The lowest BCUT2D eigenvalue weighted by Crippen LogP contribution is -2.33. The molecule has 25 heavy (non-hydrogen) atoms. The monoisotopic (exact) mass is 361 g/mol. The van der Waals surface area contributed by atoms with Gasteiger partial charge in [-0.15, -0.1) is 0 Å². The fraction of sp³-hybridized carbons (Fsp3) is 0.278. The number of nitrogens with zero attached hydrogens (tertiary/aromatic N) is 1. The first-order valence-corrected chi connectivity index (χ1v) is 9.36. The average molecular weight is 361 g/mol. The fourth-order valence-corrected chi connectivity index (χ4v) is 3.56. The summed E-state index contributed by atoms with van der Waals surface area (Å²) in [5.74, 6) is -0.233. The maximum Gasteiger partial charge on any atom is 0.251 e. The van der Waals surface area contributed by atoms with Crippen LogP contribution in [0.2, 0.25) is 0 Å². The van der Waals surface area contributed by atoms with Gasteiger partial charge in [0.05, 0.1) is 4.90 Å². The predicted molar refractivity (Wildman–Crippen MR) is 98.6 cm³/mol. The third-order valence-electron chi connectivity index (χ3n) is 3.93. The van der Waals surface area contributed by atoms with Gasteiger partial charge in [0.15, 0.2) is 0 Å². The molecule has 0 aromatic heterocycles. The number of hydrogen-bond acceptors (Lipinski definition) is 4. The first kappa shape index (κ1) is 19.0. The Balaban J connectivity index is 2.05. The van der Waals surface area contributed by atoms with Crippen LogP contribution in [-0.2, 0) is 16.6 Å². The molecule has 0 radical (unpaired) electrons. The number of rotatable bonds is 6. The van der Waals surface area contributed by atoms with Gasteiger partial charge in [-0.2, -0.15) is 4.31 Å². The van der Waals surface area contributed by atoms with Crippen LogP contribution in [-0.4, -0.2) is 31.7 Å². The van der Waals surface area contributed by atoms with Crippen molar-refractivity contribution in [2.75, 3.05) is 12.8 Å². The molecule has 2 rings (SSSR count). The quantitative estimate of drug-likeness (QED) is 0.772. The van der Waals surface area contributed by atoms with E-state index in [-0.39, 0.29) is 16.8 Å². The lowest BCUT2D eigenvalue weighted by Gasteiger charge is -2.21. The van der Waals surface area contributed by atoms with Crippen LogP contribution in [0.15, 0.2) is 53.4 Å². The number of nitrogen functional groups attached to an aromatic ring is 1. The Labute approximate surface area is 148 Å². The first-order valence-electron chi connectivity index (χ1n) is 7.92. The molecule has 0 atom stereocenters. The number of carbonyl (C=O) groups excluding carboxylic acids is 1. The normalized spacial score (nSPS) is 11.7. The van der Waals surface area contributed by atoms with Crippen LogP contribution in [0.1, 0.15) is 29.8 Å². The molecule has 0 heterocycles. The highest BCUT2D eigenvalue weighted by Gasteiger charge is 2.22. The Morgan fingerprint density at radius 3 is 2.36 bits per heavy atom. The minimum Gasteiger partial charge on any atom is -0.399 e. The third kappa shape index (κ3) is 4.58. The van der Waals surface area contributed by atoms with E-state index in [4.69, 9.17) is 5.73 Å². The molecule has 0 saturated heterocycles. The molecule has 3 N–H and O–H groups in total. The van der Waals surface area contributed by atoms with Crippen LogP contribution in [0.5, 0.6) is 0 Å². The zero-order chi connectivity index (χ0) is 18.6. The van der Waals surface area contributed by atoms with E-state index >= 15 is 0 Å². The molecule has 0 fully saturated rings. The zero-order valence-electron chi connectivity index (χ0n) is 14.6. The highest BCUT2D eigenvalue weighted by Crippen LogP contribution is 2.17. The molecule has 0 bridgehead atoms. The van der Waals surface area contributed by atoms with E-state index < -0.39 is 10.0 Å². The summed E-state index contributed by atoms with van der Waals surface area (Å²) in [4.78, 5) is 12.3. The van der Waals surface area contributed by atoms with E-state index in [1.807, 2.05) is 13.8 Å². The van der Waals surface area contributed by atoms with Crippen molar-refractivity contribution in [3.8, 4) is 0 Å². The summed E-state index contributed by atoms with van der Waals surface area (Å²) in [7, 11) is -1.95. The Morgan fingerprint density at radius 2 is 1.80 bits per heavy atom. The molecule has 7 heteroatoms. The summed E-state index contributed by atoms with van der Waals surface area (Å²) in [6, 6.07) is 13.1. The van der Waals surface area contributed by atoms with E-state index in [1.165, 1.54) is 4.31 Å². The van der Waals surface area contributed by atoms with Gasteiger partial charge in [0, 0.05) is 30.9 Å².